The lowest BCUT2D eigenvalue weighted by atomic mass is 10.1. The fraction of sp³-hybridized carbons (Fsp3) is 0.409. The third-order valence-corrected chi connectivity index (χ3v) is 4.54. The van der Waals surface area contributed by atoms with E-state index < -0.39 is 0 Å². The molecule has 0 aliphatic rings. The van der Waals surface area contributed by atoms with E-state index >= 15 is 0 Å². The maximum absolute atomic E-state index is 12.2. The second-order valence-corrected chi connectivity index (χ2v) is 6.30. The number of nitrogens with zero attached hydrogens (tertiary/aromatic N) is 1. The molecule has 0 bridgehead atoms. The molecular weight excluding hydrogens is 340 g/mol. The van der Waals surface area contributed by atoms with Crippen LogP contribution in [0, 0.1) is 0 Å². The summed E-state index contributed by atoms with van der Waals surface area (Å²) in [5.74, 6) is 1.61. The second-order valence-electron chi connectivity index (χ2n) is 6.30. The number of nitrogens with one attached hydrogen (secondary N) is 1. The van der Waals surface area contributed by atoms with Crippen molar-refractivity contribution in [1.29, 1.82) is 0 Å². The number of aryl methyl sites for hydroxylation is 1. The number of hydrogen-bond donors (Lipinski definition) is 1. The zero-order chi connectivity index (χ0) is 19.5. The molecule has 5 nitrogen and oxygen atoms in total. The highest BCUT2D eigenvalue weighted by Crippen LogP contribution is 2.25. The third-order valence-electron chi connectivity index (χ3n) is 4.54. The standard InChI is InChI=1S/C22H30N2O3/c1-4-24(19-9-6-5-7-10-19)16-8-15-23-22(25)14-11-18-17-20(26-2)12-13-21(18)27-3/h5-7,9-10,12-13,17H,4,8,11,14-16H2,1-3H3,(H,23,25). The highest BCUT2D eigenvalue weighted by Gasteiger charge is 2.09. The van der Waals surface area contributed by atoms with Crippen molar-refractivity contribution < 1.29 is 14.3 Å². The Labute approximate surface area is 162 Å². The van der Waals surface area contributed by atoms with E-state index in [4.69, 9.17) is 9.47 Å². The van der Waals surface area contributed by atoms with E-state index in [1.54, 1.807) is 14.2 Å². The number of benzene rings is 2. The first-order valence-electron chi connectivity index (χ1n) is 9.45. The number of carbonyl (C=O) groups is 1. The van der Waals surface area contributed by atoms with Gasteiger partial charge in [0.1, 0.15) is 11.5 Å². The summed E-state index contributed by atoms with van der Waals surface area (Å²) in [7, 11) is 3.27. The Balaban J connectivity index is 1.73. The molecule has 1 N–H and O–H groups in total. The molecule has 0 radical (unpaired) electrons. The summed E-state index contributed by atoms with van der Waals surface area (Å²) in [6.45, 7) is 4.70. The van der Waals surface area contributed by atoms with Gasteiger partial charge in [0.05, 0.1) is 14.2 Å². The maximum atomic E-state index is 12.2. The summed E-state index contributed by atoms with van der Waals surface area (Å²) in [4.78, 5) is 14.5. The molecule has 146 valence electrons. The van der Waals surface area contributed by atoms with Gasteiger partial charge >= 0.3 is 0 Å². The summed E-state index contributed by atoms with van der Waals surface area (Å²) >= 11 is 0. The fourth-order valence-corrected chi connectivity index (χ4v) is 3.02. The molecule has 0 aliphatic heterocycles. The zero-order valence-corrected chi connectivity index (χ0v) is 16.5. The minimum absolute atomic E-state index is 0.0580. The normalized spacial score (nSPS) is 10.3. The molecule has 0 fully saturated rings. The van der Waals surface area contributed by atoms with Gasteiger partial charge in [0.15, 0.2) is 0 Å². The number of methoxy groups -OCH3 is 2. The van der Waals surface area contributed by atoms with Gasteiger partial charge < -0.3 is 19.7 Å². The SMILES string of the molecule is CCN(CCCNC(=O)CCc1cc(OC)ccc1OC)c1ccccc1. The first-order valence-corrected chi connectivity index (χ1v) is 9.45. The highest BCUT2D eigenvalue weighted by molar-refractivity contribution is 5.76. The lowest BCUT2D eigenvalue weighted by molar-refractivity contribution is -0.121. The minimum Gasteiger partial charge on any atom is -0.497 e. The van der Waals surface area contributed by atoms with E-state index in [2.05, 4.69) is 29.3 Å². The number of anilines is 1. The molecule has 5 heteroatoms. The van der Waals surface area contributed by atoms with Gasteiger partial charge in [-0.3, -0.25) is 4.79 Å². The highest BCUT2D eigenvalue weighted by atomic mass is 16.5. The van der Waals surface area contributed by atoms with Crippen molar-refractivity contribution in [2.24, 2.45) is 0 Å². The van der Waals surface area contributed by atoms with Gasteiger partial charge in [0.2, 0.25) is 5.91 Å². The fourth-order valence-electron chi connectivity index (χ4n) is 3.02. The van der Waals surface area contributed by atoms with Crippen LogP contribution in [-0.2, 0) is 11.2 Å². The maximum Gasteiger partial charge on any atom is 0.220 e. The Hall–Kier alpha value is -2.69. The number of rotatable bonds is 11. The number of para-hydroxylation sites is 1. The predicted octanol–water partition coefficient (Wildman–Crippen LogP) is 3.67. The van der Waals surface area contributed by atoms with E-state index in [9.17, 15) is 4.79 Å². The summed E-state index contributed by atoms with van der Waals surface area (Å²) in [5.41, 5.74) is 2.20. The van der Waals surface area contributed by atoms with Gasteiger partial charge in [-0.2, -0.15) is 0 Å². The number of carbonyl (C=O) groups excluding carboxylic acids is 1. The van der Waals surface area contributed by atoms with Gasteiger partial charge in [-0.05, 0) is 55.7 Å². The Kier molecular flexibility index (Phi) is 8.49. The molecule has 0 aliphatic carbocycles. The molecule has 1 amide bonds. The zero-order valence-electron chi connectivity index (χ0n) is 16.5. The largest absolute Gasteiger partial charge is 0.497 e. The average Bonchev–Trinajstić information content (AvgIpc) is 2.72. The van der Waals surface area contributed by atoms with E-state index in [0.29, 0.717) is 19.4 Å². The van der Waals surface area contributed by atoms with Gasteiger partial charge in [-0.1, -0.05) is 18.2 Å². The van der Waals surface area contributed by atoms with Crippen molar-refractivity contribution >= 4 is 11.6 Å². The molecule has 0 spiro atoms. The van der Waals surface area contributed by atoms with Crippen LogP contribution in [0.15, 0.2) is 48.5 Å². The first-order chi connectivity index (χ1) is 13.2. The Morgan fingerprint density at radius 2 is 1.85 bits per heavy atom. The summed E-state index contributed by atoms with van der Waals surface area (Å²) in [6.07, 6.45) is 1.97. The van der Waals surface area contributed by atoms with Crippen LogP contribution >= 0.6 is 0 Å². The molecule has 2 aromatic carbocycles. The molecule has 0 heterocycles. The molecule has 0 atom stereocenters. The van der Waals surface area contributed by atoms with Crippen LogP contribution in [0.2, 0.25) is 0 Å². The van der Waals surface area contributed by atoms with Crippen LogP contribution in [0.4, 0.5) is 5.69 Å². The predicted molar refractivity (Wildman–Crippen MR) is 110 cm³/mol. The van der Waals surface area contributed by atoms with Crippen LogP contribution in [0.1, 0.15) is 25.3 Å². The summed E-state index contributed by atoms with van der Waals surface area (Å²) in [5, 5.41) is 3.01. The minimum atomic E-state index is 0.0580. The Morgan fingerprint density at radius 3 is 2.52 bits per heavy atom. The van der Waals surface area contributed by atoms with Crippen molar-refractivity contribution in [3.05, 3.63) is 54.1 Å². The smallest absolute Gasteiger partial charge is 0.220 e. The topological polar surface area (TPSA) is 50.8 Å². The average molecular weight is 370 g/mol. The van der Waals surface area contributed by atoms with Crippen molar-refractivity contribution in [3.63, 3.8) is 0 Å². The van der Waals surface area contributed by atoms with Crippen LogP contribution in [0.25, 0.3) is 0 Å². The van der Waals surface area contributed by atoms with E-state index in [0.717, 1.165) is 36.6 Å². The summed E-state index contributed by atoms with van der Waals surface area (Å²) in [6, 6.07) is 16.0. The Bertz CT molecular complexity index is 704. The van der Waals surface area contributed by atoms with Gasteiger partial charge in [0.25, 0.3) is 0 Å². The molecule has 0 saturated heterocycles. The molecule has 0 aromatic heterocycles. The van der Waals surface area contributed by atoms with Crippen LogP contribution < -0.4 is 19.7 Å². The van der Waals surface area contributed by atoms with Gasteiger partial charge in [-0.15, -0.1) is 0 Å². The monoisotopic (exact) mass is 370 g/mol. The van der Waals surface area contributed by atoms with Gasteiger partial charge in [-0.25, -0.2) is 0 Å². The van der Waals surface area contributed by atoms with Crippen LogP contribution in [0.5, 0.6) is 11.5 Å². The quantitative estimate of drug-likeness (QED) is 0.613. The molecule has 2 aromatic rings. The number of amides is 1. The molecular formula is C22H30N2O3. The van der Waals surface area contributed by atoms with Gasteiger partial charge in [0, 0.05) is 31.7 Å². The third kappa shape index (κ3) is 6.51. The van der Waals surface area contributed by atoms with Crippen LogP contribution in [-0.4, -0.2) is 39.8 Å². The molecule has 2 rings (SSSR count). The van der Waals surface area contributed by atoms with E-state index in [1.165, 1.54) is 5.69 Å². The lowest BCUT2D eigenvalue weighted by Crippen LogP contribution is -2.30. The number of hydrogen-bond acceptors (Lipinski definition) is 4. The Morgan fingerprint density at radius 1 is 1.07 bits per heavy atom. The number of ether oxygens (including phenoxy) is 2. The molecule has 0 unspecified atom stereocenters. The van der Waals surface area contributed by atoms with Crippen molar-refractivity contribution in [1.82, 2.24) is 5.32 Å². The van der Waals surface area contributed by atoms with E-state index in [-0.39, 0.29) is 5.91 Å². The van der Waals surface area contributed by atoms with Crippen molar-refractivity contribution in [3.8, 4) is 11.5 Å². The molecule has 0 saturated carbocycles. The van der Waals surface area contributed by atoms with Crippen LogP contribution in [0.3, 0.4) is 0 Å². The first kappa shape index (κ1) is 20.6. The van der Waals surface area contributed by atoms with Crippen molar-refractivity contribution in [2.45, 2.75) is 26.2 Å². The van der Waals surface area contributed by atoms with Crippen molar-refractivity contribution in [2.75, 3.05) is 38.8 Å². The van der Waals surface area contributed by atoms with E-state index in [1.807, 2.05) is 36.4 Å². The summed E-state index contributed by atoms with van der Waals surface area (Å²) < 4.78 is 10.6. The second kappa shape index (κ2) is 11.1. The lowest BCUT2D eigenvalue weighted by Gasteiger charge is -2.23. The molecule has 27 heavy (non-hydrogen) atoms.